The molecule has 2 heterocycles. The summed E-state index contributed by atoms with van der Waals surface area (Å²) in [5, 5.41) is 0. The summed E-state index contributed by atoms with van der Waals surface area (Å²) in [6.45, 7) is 3.38. The van der Waals surface area contributed by atoms with Gasteiger partial charge in [0.2, 0.25) is 6.79 Å². The van der Waals surface area contributed by atoms with Gasteiger partial charge in [-0.25, -0.2) is 0 Å². The first kappa shape index (κ1) is 13.4. The average Bonchev–Trinajstić information content (AvgIpc) is 3.04. The predicted octanol–water partition coefficient (Wildman–Crippen LogP) is 3.70. The Morgan fingerprint density at radius 3 is 2.64 bits per heavy atom. The van der Waals surface area contributed by atoms with E-state index in [1.165, 1.54) is 16.7 Å². The fourth-order valence-electron chi connectivity index (χ4n) is 3.07. The van der Waals surface area contributed by atoms with Gasteiger partial charge >= 0.3 is 0 Å². The fraction of sp³-hybridized carbons (Fsp3) is 0.263. The van der Waals surface area contributed by atoms with Gasteiger partial charge in [0, 0.05) is 19.6 Å². The number of hydrogen-bond donors (Lipinski definition) is 0. The molecule has 2 aromatic rings. The van der Waals surface area contributed by atoms with E-state index in [2.05, 4.69) is 53.4 Å². The van der Waals surface area contributed by atoms with Gasteiger partial charge in [0.05, 0.1) is 0 Å². The van der Waals surface area contributed by atoms with E-state index >= 15 is 0 Å². The molecular formula is C19H19NO2. The van der Waals surface area contributed by atoms with Crippen LogP contribution in [0.2, 0.25) is 0 Å². The Hall–Kier alpha value is -2.26. The monoisotopic (exact) mass is 293 g/mol. The number of benzene rings is 2. The molecule has 22 heavy (non-hydrogen) atoms. The summed E-state index contributed by atoms with van der Waals surface area (Å²) in [5.74, 6) is 1.73. The van der Waals surface area contributed by atoms with Crippen LogP contribution in [-0.2, 0) is 6.54 Å². The molecule has 0 unspecified atom stereocenters. The maximum absolute atomic E-state index is 5.45. The summed E-state index contributed by atoms with van der Waals surface area (Å²) >= 11 is 0. The van der Waals surface area contributed by atoms with Gasteiger partial charge in [-0.2, -0.15) is 0 Å². The van der Waals surface area contributed by atoms with Gasteiger partial charge in [-0.15, -0.1) is 0 Å². The molecule has 0 spiro atoms. The van der Waals surface area contributed by atoms with Gasteiger partial charge in [0.1, 0.15) is 0 Å². The van der Waals surface area contributed by atoms with Crippen molar-refractivity contribution in [3.8, 4) is 11.5 Å². The highest BCUT2D eigenvalue weighted by atomic mass is 16.7. The fourth-order valence-corrected chi connectivity index (χ4v) is 3.07. The molecule has 0 saturated heterocycles. The largest absolute Gasteiger partial charge is 0.454 e. The molecule has 3 heteroatoms. The molecule has 0 aliphatic carbocycles. The number of rotatable bonds is 3. The Morgan fingerprint density at radius 2 is 1.82 bits per heavy atom. The molecule has 2 aliphatic heterocycles. The highest BCUT2D eigenvalue weighted by molar-refractivity contribution is 5.66. The summed E-state index contributed by atoms with van der Waals surface area (Å²) in [5.41, 5.74) is 4.09. The second kappa shape index (κ2) is 5.85. The molecule has 3 nitrogen and oxygen atoms in total. The quantitative estimate of drug-likeness (QED) is 0.861. The summed E-state index contributed by atoms with van der Waals surface area (Å²) in [6, 6.07) is 16.9. The smallest absolute Gasteiger partial charge is 0.231 e. The molecule has 0 N–H and O–H groups in total. The molecule has 0 saturated carbocycles. The van der Waals surface area contributed by atoms with Crippen molar-refractivity contribution >= 4 is 5.57 Å². The molecule has 0 radical (unpaired) electrons. The second-order valence-corrected chi connectivity index (χ2v) is 5.77. The van der Waals surface area contributed by atoms with Crippen LogP contribution in [0.25, 0.3) is 5.57 Å². The van der Waals surface area contributed by atoms with Crippen LogP contribution in [0.15, 0.2) is 54.6 Å². The molecule has 2 aliphatic rings. The first-order valence-electron chi connectivity index (χ1n) is 7.74. The van der Waals surface area contributed by atoms with Crippen molar-refractivity contribution in [2.75, 3.05) is 19.9 Å². The third-order valence-corrected chi connectivity index (χ3v) is 4.28. The van der Waals surface area contributed by atoms with Gasteiger partial charge in [-0.3, -0.25) is 4.90 Å². The van der Waals surface area contributed by atoms with Gasteiger partial charge in [0.15, 0.2) is 11.5 Å². The summed E-state index contributed by atoms with van der Waals surface area (Å²) < 4.78 is 10.8. The highest BCUT2D eigenvalue weighted by Gasteiger charge is 2.16. The predicted molar refractivity (Wildman–Crippen MR) is 86.9 cm³/mol. The molecule has 4 rings (SSSR count). The van der Waals surface area contributed by atoms with E-state index in [4.69, 9.17) is 9.47 Å². The zero-order valence-corrected chi connectivity index (χ0v) is 12.5. The van der Waals surface area contributed by atoms with E-state index in [0.29, 0.717) is 6.79 Å². The SMILES string of the molecule is C1=C(c2ccccc2)CCN(Cc2ccc3c(c2)OCO3)C1. The molecule has 0 bridgehead atoms. The Labute approximate surface area is 130 Å². The molecule has 0 fully saturated rings. The summed E-state index contributed by atoms with van der Waals surface area (Å²) in [6.07, 6.45) is 3.46. The number of nitrogens with zero attached hydrogens (tertiary/aromatic N) is 1. The minimum Gasteiger partial charge on any atom is -0.454 e. The summed E-state index contributed by atoms with van der Waals surface area (Å²) in [7, 11) is 0. The van der Waals surface area contributed by atoms with Crippen LogP contribution >= 0.6 is 0 Å². The van der Waals surface area contributed by atoms with Gasteiger partial charge < -0.3 is 9.47 Å². The van der Waals surface area contributed by atoms with E-state index in [-0.39, 0.29) is 0 Å². The van der Waals surface area contributed by atoms with Crippen LogP contribution in [0.3, 0.4) is 0 Å². The van der Waals surface area contributed by atoms with E-state index in [0.717, 1.165) is 37.6 Å². The van der Waals surface area contributed by atoms with Crippen molar-refractivity contribution in [1.82, 2.24) is 4.90 Å². The van der Waals surface area contributed by atoms with Crippen LogP contribution in [0.1, 0.15) is 17.5 Å². The molecule has 112 valence electrons. The number of ether oxygens (including phenoxy) is 2. The first-order valence-corrected chi connectivity index (χ1v) is 7.74. The minimum absolute atomic E-state index is 0.339. The average molecular weight is 293 g/mol. The lowest BCUT2D eigenvalue weighted by molar-refractivity contribution is 0.174. The lowest BCUT2D eigenvalue weighted by atomic mass is 9.99. The van der Waals surface area contributed by atoms with Gasteiger partial charge in [-0.05, 0) is 35.3 Å². The zero-order valence-electron chi connectivity index (χ0n) is 12.5. The lowest BCUT2D eigenvalue weighted by Gasteiger charge is -2.26. The van der Waals surface area contributed by atoms with Gasteiger partial charge in [-0.1, -0.05) is 42.5 Å². The van der Waals surface area contributed by atoms with Gasteiger partial charge in [0.25, 0.3) is 0 Å². The maximum Gasteiger partial charge on any atom is 0.231 e. The summed E-state index contributed by atoms with van der Waals surface area (Å²) in [4.78, 5) is 2.46. The van der Waals surface area contributed by atoms with Crippen molar-refractivity contribution in [2.45, 2.75) is 13.0 Å². The van der Waals surface area contributed by atoms with Crippen molar-refractivity contribution in [2.24, 2.45) is 0 Å². The number of fused-ring (bicyclic) bond motifs is 1. The van der Waals surface area contributed by atoms with Crippen molar-refractivity contribution < 1.29 is 9.47 Å². The first-order chi connectivity index (χ1) is 10.9. The zero-order chi connectivity index (χ0) is 14.8. The Bertz CT molecular complexity index is 694. The van der Waals surface area contributed by atoms with Crippen molar-refractivity contribution in [1.29, 1.82) is 0 Å². The van der Waals surface area contributed by atoms with Crippen LogP contribution in [-0.4, -0.2) is 24.8 Å². The van der Waals surface area contributed by atoms with E-state index in [9.17, 15) is 0 Å². The molecule has 0 aromatic heterocycles. The molecular weight excluding hydrogens is 274 g/mol. The molecule has 2 aromatic carbocycles. The van der Waals surface area contributed by atoms with Crippen LogP contribution in [0.5, 0.6) is 11.5 Å². The Morgan fingerprint density at radius 1 is 0.955 bits per heavy atom. The minimum atomic E-state index is 0.339. The van der Waals surface area contributed by atoms with Crippen molar-refractivity contribution in [3.63, 3.8) is 0 Å². The third-order valence-electron chi connectivity index (χ3n) is 4.28. The highest BCUT2D eigenvalue weighted by Crippen LogP contribution is 2.33. The van der Waals surface area contributed by atoms with Crippen LogP contribution < -0.4 is 9.47 Å². The van der Waals surface area contributed by atoms with Crippen LogP contribution in [0, 0.1) is 0 Å². The molecule has 0 amide bonds. The third kappa shape index (κ3) is 2.72. The second-order valence-electron chi connectivity index (χ2n) is 5.77. The van der Waals surface area contributed by atoms with Crippen LogP contribution in [0.4, 0.5) is 0 Å². The topological polar surface area (TPSA) is 21.7 Å². The van der Waals surface area contributed by atoms with E-state index in [1.54, 1.807) is 0 Å². The number of hydrogen-bond acceptors (Lipinski definition) is 3. The van der Waals surface area contributed by atoms with E-state index < -0.39 is 0 Å². The standard InChI is InChI=1S/C19H19NO2/c1-2-4-16(5-3-1)17-8-10-20(11-9-17)13-15-6-7-18-19(12-15)22-14-21-18/h1-8,12H,9-11,13-14H2. The van der Waals surface area contributed by atoms with Crippen molar-refractivity contribution in [3.05, 3.63) is 65.7 Å². The Balaban J connectivity index is 1.42. The lowest BCUT2D eigenvalue weighted by Crippen LogP contribution is -2.27. The maximum atomic E-state index is 5.45. The Kier molecular flexibility index (Phi) is 3.57. The molecule has 0 atom stereocenters. The normalized spacial score (nSPS) is 17.4. The van der Waals surface area contributed by atoms with E-state index in [1.807, 2.05) is 6.07 Å².